The van der Waals surface area contributed by atoms with Crippen LogP contribution in [0.5, 0.6) is 0 Å². The van der Waals surface area contributed by atoms with Crippen LogP contribution in [0.3, 0.4) is 0 Å². The van der Waals surface area contributed by atoms with E-state index in [-0.39, 0.29) is 12.6 Å². The third-order valence-electron chi connectivity index (χ3n) is 9.03. The lowest BCUT2D eigenvalue weighted by Gasteiger charge is -2.25. The first-order valence-electron chi connectivity index (χ1n) is 17.7. The summed E-state index contributed by atoms with van der Waals surface area (Å²) in [6, 6.07) is 9.08. The maximum atomic E-state index is 13.9. The molecule has 1 aliphatic heterocycles. The van der Waals surface area contributed by atoms with Crippen molar-refractivity contribution in [1.82, 2.24) is 31.2 Å². The lowest BCUT2D eigenvalue weighted by molar-refractivity contribution is 0.0147. The van der Waals surface area contributed by atoms with E-state index in [1.807, 2.05) is 30.3 Å². The molecule has 2 heterocycles. The smallest absolute Gasteiger partial charge is 0.268 e. The molecule has 1 aromatic heterocycles. The largest absolute Gasteiger partial charge is 0.389 e. The molecule has 1 aromatic carbocycles. The summed E-state index contributed by atoms with van der Waals surface area (Å²) in [7, 11) is 0. The number of unbranched alkanes of at least 4 members (excludes halogenated alkanes) is 1. The van der Waals surface area contributed by atoms with Gasteiger partial charge in [0.1, 0.15) is 6.04 Å². The molecule has 272 valence electrons. The van der Waals surface area contributed by atoms with Gasteiger partial charge in [0.2, 0.25) is 0 Å². The summed E-state index contributed by atoms with van der Waals surface area (Å²) in [5.74, 6) is -2.91. The SMILES string of the molecule is C=C(CCC(=C)Nc1cccc2c(C(=C)NCC(=C)N3CC(F)(F)CC3C#N)ccnc12)NCCCCC(N)C(=C)NC(CC)CCNCC. The van der Waals surface area contributed by atoms with Gasteiger partial charge in [-0.1, -0.05) is 58.9 Å². The highest BCUT2D eigenvalue weighted by Gasteiger charge is 2.45. The van der Waals surface area contributed by atoms with E-state index in [9.17, 15) is 14.0 Å². The van der Waals surface area contributed by atoms with Crippen molar-refractivity contribution in [1.29, 1.82) is 5.26 Å². The lowest BCUT2D eigenvalue weighted by atomic mass is 10.1. The maximum absolute atomic E-state index is 13.9. The van der Waals surface area contributed by atoms with E-state index < -0.39 is 24.9 Å². The van der Waals surface area contributed by atoms with Crippen molar-refractivity contribution < 1.29 is 8.78 Å². The minimum absolute atomic E-state index is 0.0638. The number of anilines is 1. The first-order chi connectivity index (χ1) is 23.9. The Morgan fingerprint density at radius 3 is 2.54 bits per heavy atom. The highest BCUT2D eigenvalue weighted by molar-refractivity contribution is 5.97. The fourth-order valence-corrected chi connectivity index (χ4v) is 5.98. The minimum atomic E-state index is -2.91. The zero-order chi connectivity index (χ0) is 36.7. The molecule has 3 rings (SSSR count). The summed E-state index contributed by atoms with van der Waals surface area (Å²) in [5.41, 5.74) is 12.5. The van der Waals surface area contributed by atoms with Crippen LogP contribution < -0.4 is 32.3 Å². The van der Waals surface area contributed by atoms with Crippen LogP contribution in [0.1, 0.15) is 70.8 Å². The van der Waals surface area contributed by atoms with E-state index in [2.05, 4.69) is 78.3 Å². The van der Waals surface area contributed by atoms with Crippen LogP contribution in [-0.4, -0.2) is 66.7 Å². The molecule has 1 saturated heterocycles. The number of nitrogens with zero attached hydrogens (tertiary/aromatic N) is 3. The fourth-order valence-electron chi connectivity index (χ4n) is 5.98. The van der Waals surface area contributed by atoms with Gasteiger partial charge in [0.05, 0.1) is 30.4 Å². The van der Waals surface area contributed by atoms with Crippen molar-refractivity contribution >= 4 is 22.3 Å². The Hall–Kier alpha value is -4.40. The van der Waals surface area contributed by atoms with Gasteiger partial charge in [-0.15, -0.1) is 0 Å². The second-order valence-corrected chi connectivity index (χ2v) is 13.1. The van der Waals surface area contributed by atoms with Gasteiger partial charge in [-0.3, -0.25) is 4.98 Å². The summed E-state index contributed by atoms with van der Waals surface area (Å²) in [5, 5.41) is 27.1. The van der Waals surface area contributed by atoms with Gasteiger partial charge in [-0.05, 0) is 70.2 Å². The molecule has 11 heteroatoms. The predicted molar refractivity (Wildman–Crippen MR) is 204 cm³/mol. The number of allylic oxidation sites excluding steroid dienone is 2. The Kier molecular flexibility index (Phi) is 15.8. The average molecular weight is 690 g/mol. The third-order valence-corrected chi connectivity index (χ3v) is 9.03. The van der Waals surface area contributed by atoms with E-state index >= 15 is 0 Å². The minimum Gasteiger partial charge on any atom is -0.389 e. The van der Waals surface area contributed by atoms with Crippen molar-refractivity contribution in [3.8, 4) is 6.07 Å². The first kappa shape index (κ1) is 40.0. The van der Waals surface area contributed by atoms with Crippen molar-refractivity contribution in [3.05, 3.63) is 91.7 Å². The number of pyridine rings is 1. The van der Waals surface area contributed by atoms with Crippen LogP contribution in [0.15, 0.2) is 86.1 Å². The molecule has 3 atom stereocenters. The van der Waals surface area contributed by atoms with E-state index in [1.54, 1.807) is 6.20 Å². The number of nitriles is 1. The van der Waals surface area contributed by atoms with Crippen LogP contribution >= 0.6 is 0 Å². The number of alkyl halides is 2. The molecule has 2 aromatic rings. The standard InChI is InChI=1S/C39H57F2N9/c1-8-32(18-21-44-9-2)49-31(7)36(43)14-10-11-20-45-27(3)16-17-28(4)48-37-15-12-13-35-34(19-22-46-38(35)37)30(6)47-25-29(5)50-26-39(40,41)23-33(50)24-42/h12-13,15,19,22,32-33,36,44-45,47-49H,3-11,14,16-18,20-21,23,25-26,43H2,1-2H3. The number of rotatable bonds is 24. The molecule has 50 heavy (non-hydrogen) atoms. The van der Waals surface area contributed by atoms with Gasteiger partial charge in [0, 0.05) is 70.7 Å². The summed E-state index contributed by atoms with van der Waals surface area (Å²) in [6.07, 6.45) is 7.61. The van der Waals surface area contributed by atoms with Gasteiger partial charge in [-0.25, -0.2) is 8.78 Å². The van der Waals surface area contributed by atoms with Crippen molar-refractivity contribution in [2.45, 2.75) is 89.3 Å². The molecule has 1 fully saturated rings. The number of fused-ring (bicyclic) bond motifs is 1. The van der Waals surface area contributed by atoms with Crippen LogP contribution in [-0.2, 0) is 0 Å². The molecule has 0 saturated carbocycles. The number of halogens is 2. The Morgan fingerprint density at radius 1 is 1.06 bits per heavy atom. The molecule has 0 spiro atoms. The molecule has 0 amide bonds. The molecule has 7 N–H and O–H groups in total. The van der Waals surface area contributed by atoms with Crippen LogP contribution in [0, 0.1) is 11.3 Å². The second kappa shape index (κ2) is 19.7. The third kappa shape index (κ3) is 12.2. The van der Waals surface area contributed by atoms with E-state index in [0.717, 1.165) is 97.4 Å². The van der Waals surface area contributed by atoms with E-state index in [1.165, 1.54) is 4.90 Å². The fraction of sp³-hybridized carbons (Fsp3) is 0.487. The van der Waals surface area contributed by atoms with Gasteiger partial charge < -0.3 is 37.2 Å². The van der Waals surface area contributed by atoms with Crippen molar-refractivity contribution in [2.75, 3.05) is 38.0 Å². The number of aromatic nitrogens is 1. The Balaban J connectivity index is 1.41. The number of nitrogens with two attached hydrogens (primary N) is 1. The quantitative estimate of drug-likeness (QED) is 0.0666. The molecule has 0 bridgehead atoms. The molecule has 1 aliphatic rings. The summed E-state index contributed by atoms with van der Waals surface area (Å²) >= 11 is 0. The molecular weight excluding hydrogens is 632 g/mol. The van der Waals surface area contributed by atoms with E-state index in [0.29, 0.717) is 23.9 Å². The monoisotopic (exact) mass is 689 g/mol. The topological polar surface area (TPSA) is 126 Å². The normalized spacial score (nSPS) is 16.2. The number of hydrogen-bond donors (Lipinski definition) is 6. The van der Waals surface area contributed by atoms with Gasteiger partial charge in [-0.2, -0.15) is 5.26 Å². The Labute approximate surface area is 297 Å². The van der Waals surface area contributed by atoms with Crippen LogP contribution in [0.25, 0.3) is 16.6 Å². The molecule has 0 radical (unpaired) electrons. The average Bonchev–Trinajstić information content (AvgIpc) is 3.43. The van der Waals surface area contributed by atoms with Crippen LogP contribution in [0.2, 0.25) is 0 Å². The van der Waals surface area contributed by atoms with Crippen molar-refractivity contribution in [2.24, 2.45) is 5.73 Å². The Morgan fingerprint density at radius 2 is 1.82 bits per heavy atom. The maximum Gasteiger partial charge on any atom is 0.268 e. The Bertz CT molecular complexity index is 1530. The molecule has 0 aliphatic carbocycles. The second-order valence-electron chi connectivity index (χ2n) is 13.1. The van der Waals surface area contributed by atoms with Gasteiger partial charge in [0.25, 0.3) is 5.92 Å². The number of nitrogens with one attached hydrogen (secondary N) is 5. The van der Waals surface area contributed by atoms with E-state index in [4.69, 9.17) is 5.73 Å². The zero-order valence-corrected chi connectivity index (χ0v) is 30.0. The number of likely N-dealkylation sites (tertiary alicyclic amines) is 1. The summed E-state index contributed by atoms with van der Waals surface area (Å²) in [4.78, 5) is 5.98. The highest BCUT2D eigenvalue weighted by atomic mass is 19.3. The highest BCUT2D eigenvalue weighted by Crippen LogP contribution is 2.34. The summed E-state index contributed by atoms with van der Waals surface area (Å²) in [6.45, 7) is 27.5. The summed E-state index contributed by atoms with van der Waals surface area (Å²) < 4.78 is 27.8. The van der Waals surface area contributed by atoms with Gasteiger partial charge in [0.15, 0.2) is 0 Å². The number of benzene rings is 1. The van der Waals surface area contributed by atoms with Gasteiger partial charge >= 0.3 is 0 Å². The number of hydrogen-bond acceptors (Lipinski definition) is 9. The first-order valence-corrected chi connectivity index (χ1v) is 17.7. The van der Waals surface area contributed by atoms with Crippen LogP contribution in [0.4, 0.5) is 14.5 Å². The molecule has 3 unspecified atom stereocenters. The van der Waals surface area contributed by atoms with Crippen molar-refractivity contribution in [3.63, 3.8) is 0 Å². The molecule has 9 nitrogen and oxygen atoms in total. The lowest BCUT2D eigenvalue weighted by Crippen LogP contribution is -2.38. The molecular formula is C39H57F2N9. The zero-order valence-electron chi connectivity index (χ0n) is 30.0. The number of para-hydroxylation sites is 1. The predicted octanol–water partition coefficient (Wildman–Crippen LogP) is 6.73.